The van der Waals surface area contributed by atoms with Crippen LogP contribution in [0.1, 0.15) is 36.2 Å². The minimum Gasteiger partial charge on any atom is -0.378 e. The Morgan fingerprint density at radius 1 is 1.00 bits per heavy atom. The van der Waals surface area contributed by atoms with Gasteiger partial charge in [0.2, 0.25) is 5.91 Å². The third kappa shape index (κ3) is 3.69. The minimum atomic E-state index is -0.196. The van der Waals surface area contributed by atoms with Crippen molar-refractivity contribution in [2.24, 2.45) is 5.10 Å². The quantitative estimate of drug-likeness (QED) is 0.634. The number of aromatic nitrogens is 2. The molecule has 3 aromatic rings. The monoisotopic (exact) mass is 429 g/mol. The second kappa shape index (κ2) is 8.59. The zero-order valence-electron chi connectivity index (χ0n) is 18.4. The molecule has 7 nitrogen and oxygen atoms in total. The maximum absolute atomic E-state index is 12.6. The van der Waals surface area contributed by atoms with Crippen molar-refractivity contribution in [2.75, 3.05) is 31.2 Å². The van der Waals surface area contributed by atoms with Gasteiger partial charge < -0.3 is 9.64 Å². The van der Waals surface area contributed by atoms with E-state index >= 15 is 0 Å². The number of nitrogens with zero attached hydrogens (tertiary/aromatic N) is 5. The Bertz CT molecular complexity index is 1130. The maximum atomic E-state index is 12.6. The molecule has 1 aromatic heterocycles. The summed E-state index contributed by atoms with van der Waals surface area (Å²) < 4.78 is 7.62. The van der Waals surface area contributed by atoms with Crippen LogP contribution in [0.2, 0.25) is 0 Å². The number of benzene rings is 2. The third-order valence-electron chi connectivity index (χ3n) is 6.07. The van der Waals surface area contributed by atoms with Crippen LogP contribution in [0.5, 0.6) is 0 Å². The number of amides is 1. The Morgan fingerprint density at radius 3 is 2.31 bits per heavy atom. The van der Waals surface area contributed by atoms with Crippen molar-refractivity contribution < 1.29 is 9.53 Å². The highest BCUT2D eigenvalue weighted by molar-refractivity contribution is 6.03. The molecular formula is C25H27N5O2. The number of hydrogen-bond donors (Lipinski definition) is 0. The van der Waals surface area contributed by atoms with Crippen LogP contribution < -0.4 is 4.90 Å². The molecule has 1 unspecified atom stereocenters. The maximum Gasteiger partial charge on any atom is 0.240 e. The van der Waals surface area contributed by atoms with E-state index in [1.807, 2.05) is 60.1 Å². The molecule has 1 saturated heterocycles. The van der Waals surface area contributed by atoms with E-state index in [1.165, 1.54) is 0 Å². The Hall–Kier alpha value is -3.45. The molecule has 1 atom stereocenters. The van der Waals surface area contributed by atoms with E-state index in [-0.39, 0.29) is 11.9 Å². The van der Waals surface area contributed by atoms with Crippen LogP contribution in [0.15, 0.2) is 65.8 Å². The molecule has 7 heteroatoms. The summed E-state index contributed by atoms with van der Waals surface area (Å²) in [5.74, 6) is 0.957. The molecule has 0 radical (unpaired) electrons. The number of hydrogen-bond acceptors (Lipinski definition) is 5. The number of para-hydroxylation sites is 1. The second-order valence-corrected chi connectivity index (χ2v) is 8.17. The van der Waals surface area contributed by atoms with Crippen molar-refractivity contribution in [1.82, 2.24) is 14.8 Å². The topological polar surface area (TPSA) is 63.0 Å². The highest BCUT2D eigenvalue weighted by Gasteiger charge is 2.37. The van der Waals surface area contributed by atoms with Crippen LogP contribution in [0.4, 0.5) is 5.82 Å². The fourth-order valence-electron chi connectivity index (χ4n) is 4.58. The van der Waals surface area contributed by atoms with Crippen molar-refractivity contribution in [3.05, 3.63) is 77.5 Å². The summed E-state index contributed by atoms with van der Waals surface area (Å²) in [6.07, 6.45) is 0.655. The lowest BCUT2D eigenvalue weighted by atomic mass is 9.97. The summed E-state index contributed by atoms with van der Waals surface area (Å²) in [4.78, 5) is 15.0. The van der Waals surface area contributed by atoms with Crippen LogP contribution in [0.25, 0.3) is 5.69 Å². The Kier molecular flexibility index (Phi) is 5.49. The molecule has 0 N–H and O–H groups in total. The molecule has 32 heavy (non-hydrogen) atoms. The number of carbonyl (C=O) groups is 1. The number of ether oxygens (including phenoxy) is 1. The first-order valence-corrected chi connectivity index (χ1v) is 11.0. The smallest absolute Gasteiger partial charge is 0.240 e. The first-order chi connectivity index (χ1) is 15.6. The van der Waals surface area contributed by atoms with Crippen molar-refractivity contribution in [3.63, 3.8) is 0 Å². The number of morpholine rings is 1. The normalized spacial score (nSPS) is 18.7. The van der Waals surface area contributed by atoms with Gasteiger partial charge in [-0.2, -0.15) is 10.2 Å². The number of hydrazone groups is 1. The van der Waals surface area contributed by atoms with E-state index in [9.17, 15) is 4.79 Å². The molecule has 3 heterocycles. The van der Waals surface area contributed by atoms with Crippen molar-refractivity contribution >= 4 is 17.4 Å². The number of rotatable bonds is 4. The summed E-state index contributed by atoms with van der Waals surface area (Å²) >= 11 is 0. The van der Waals surface area contributed by atoms with Crippen LogP contribution in [-0.2, 0) is 9.53 Å². The van der Waals surface area contributed by atoms with Crippen LogP contribution in [-0.4, -0.2) is 52.7 Å². The molecular weight excluding hydrogens is 402 g/mol. The Labute approximate surface area is 187 Å². The molecule has 1 fully saturated rings. The van der Waals surface area contributed by atoms with Crippen LogP contribution in [0.3, 0.4) is 0 Å². The van der Waals surface area contributed by atoms with Gasteiger partial charge in [-0.15, -0.1) is 0 Å². The van der Waals surface area contributed by atoms with Gasteiger partial charge in [0.1, 0.15) is 5.82 Å². The molecule has 0 bridgehead atoms. The number of anilines is 1. The molecule has 2 aliphatic heterocycles. The van der Waals surface area contributed by atoms with Gasteiger partial charge in [-0.05, 0) is 24.6 Å². The standard InChI is InChI=1S/C25H27N5O2/c1-18-24(23-17-22(27-29(23)19(2)31)20-9-5-3-6-10-20)25(28-13-15-32-16-14-28)30(26-18)21-11-7-4-8-12-21/h3-12,23H,13-17H2,1-2H3. The van der Waals surface area contributed by atoms with E-state index in [2.05, 4.69) is 17.0 Å². The van der Waals surface area contributed by atoms with E-state index in [0.29, 0.717) is 19.6 Å². The average Bonchev–Trinajstić information content (AvgIpc) is 3.42. The fraction of sp³-hybridized carbons (Fsp3) is 0.320. The highest BCUT2D eigenvalue weighted by atomic mass is 16.5. The van der Waals surface area contributed by atoms with Gasteiger partial charge in [0, 0.05) is 32.0 Å². The first kappa shape index (κ1) is 20.5. The van der Waals surface area contributed by atoms with Crippen molar-refractivity contribution in [3.8, 4) is 5.69 Å². The van der Waals surface area contributed by atoms with Gasteiger partial charge in [-0.25, -0.2) is 9.69 Å². The lowest BCUT2D eigenvalue weighted by Gasteiger charge is -2.32. The van der Waals surface area contributed by atoms with E-state index in [4.69, 9.17) is 14.9 Å². The van der Waals surface area contributed by atoms with Crippen LogP contribution >= 0.6 is 0 Å². The minimum absolute atomic E-state index is 0.0688. The van der Waals surface area contributed by atoms with Gasteiger partial charge in [0.15, 0.2) is 0 Å². The van der Waals surface area contributed by atoms with Crippen molar-refractivity contribution in [2.45, 2.75) is 26.3 Å². The predicted octanol–water partition coefficient (Wildman–Crippen LogP) is 3.71. The predicted molar refractivity (Wildman–Crippen MR) is 124 cm³/mol. The molecule has 2 aliphatic rings. The Morgan fingerprint density at radius 2 is 1.66 bits per heavy atom. The third-order valence-corrected chi connectivity index (χ3v) is 6.07. The summed E-state index contributed by atoms with van der Waals surface area (Å²) in [6, 6.07) is 20.0. The van der Waals surface area contributed by atoms with Crippen molar-refractivity contribution in [1.29, 1.82) is 0 Å². The molecule has 2 aromatic carbocycles. The van der Waals surface area contributed by atoms with Gasteiger partial charge in [0.05, 0.1) is 36.3 Å². The van der Waals surface area contributed by atoms with Gasteiger partial charge >= 0.3 is 0 Å². The SMILES string of the molecule is CC(=O)N1N=C(c2ccccc2)CC1c1c(C)nn(-c2ccccc2)c1N1CCOCC1. The molecule has 0 saturated carbocycles. The summed E-state index contributed by atoms with van der Waals surface area (Å²) in [5, 5.41) is 11.3. The van der Waals surface area contributed by atoms with Crippen LogP contribution in [0, 0.1) is 6.92 Å². The summed E-state index contributed by atoms with van der Waals surface area (Å²) in [7, 11) is 0. The number of aryl methyl sites for hydroxylation is 1. The van der Waals surface area contributed by atoms with Gasteiger partial charge in [0.25, 0.3) is 0 Å². The van der Waals surface area contributed by atoms with Gasteiger partial charge in [-0.3, -0.25) is 4.79 Å². The second-order valence-electron chi connectivity index (χ2n) is 8.17. The first-order valence-electron chi connectivity index (χ1n) is 11.0. The average molecular weight is 430 g/mol. The fourth-order valence-corrected chi connectivity index (χ4v) is 4.58. The Balaban J connectivity index is 1.62. The van der Waals surface area contributed by atoms with E-state index in [0.717, 1.165) is 47.1 Å². The summed E-state index contributed by atoms with van der Waals surface area (Å²) in [6.45, 7) is 6.51. The molecule has 1 amide bonds. The zero-order valence-corrected chi connectivity index (χ0v) is 18.4. The zero-order chi connectivity index (χ0) is 22.1. The van der Waals surface area contributed by atoms with E-state index in [1.54, 1.807) is 11.9 Å². The number of carbonyl (C=O) groups excluding carboxylic acids is 1. The lowest BCUT2D eigenvalue weighted by Crippen LogP contribution is -2.38. The van der Waals surface area contributed by atoms with E-state index < -0.39 is 0 Å². The largest absolute Gasteiger partial charge is 0.378 e. The molecule has 5 rings (SSSR count). The lowest BCUT2D eigenvalue weighted by molar-refractivity contribution is -0.130. The molecule has 164 valence electrons. The molecule has 0 aliphatic carbocycles. The summed E-state index contributed by atoms with van der Waals surface area (Å²) in [5.41, 5.74) is 4.93. The van der Waals surface area contributed by atoms with Gasteiger partial charge in [-0.1, -0.05) is 48.5 Å². The highest BCUT2D eigenvalue weighted by Crippen LogP contribution is 2.41. The molecule has 0 spiro atoms.